The van der Waals surface area contributed by atoms with E-state index in [9.17, 15) is 8.78 Å². The molecule has 0 aromatic carbocycles. The van der Waals surface area contributed by atoms with E-state index in [1.807, 2.05) is 13.8 Å². The first-order valence-electron chi connectivity index (χ1n) is 4.77. The first-order chi connectivity index (χ1) is 6.52. The van der Waals surface area contributed by atoms with Crippen LogP contribution >= 0.6 is 0 Å². The van der Waals surface area contributed by atoms with Crippen molar-refractivity contribution in [2.45, 2.75) is 45.1 Å². The first kappa shape index (κ1) is 11.1. The average molecular weight is 203 g/mol. The molecule has 0 aliphatic heterocycles. The van der Waals surface area contributed by atoms with E-state index in [0.29, 0.717) is 0 Å². The second-order valence-electron chi connectivity index (χ2n) is 3.55. The third-order valence-corrected chi connectivity index (χ3v) is 2.25. The molecule has 2 rings (SSSR count). The van der Waals surface area contributed by atoms with Crippen molar-refractivity contribution in [2.75, 3.05) is 0 Å². The fraction of sp³-hybridized carbons (Fsp3) is 0.778. The number of halogens is 2. The SMILES string of the molecule is CC.CC1(n2ccnn2)CC(F)(F)C1. The zero-order valence-electron chi connectivity index (χ0n) is 8.67. The molecule has 1 aliphatic rings. The van der Waals surface area contributed by atoms with Gasteiger partial charge in [-0.2, -0.15) is 0 Å². The smallest absolute Gasteiger partial charge is 0.246 e. The minimum absolute atomic E-state index is 0.136. The molecular formula is C9H15F2N3. The highest BCUT2D eigenvalue weighted by molar-refractivity contribution is 5.00. The Bertz CT molecular complexity index is 274. The lowest BCUT2D eigenvalue weighted by Gasteiger charge is -2.44. The molecule has 0 radical (unpaired) electrons. The van der Waals surface area contributed by atoms with Gasteiger partial charge in [-0.1, -0.05) is 19.1 Å². The van der Waals surface area contributed by atoms with Crippen molar-refractivity contribution in [1.29, 1.82) is 0 Å². The van der Waals surface area contributed by atoms with Crippen molar-refractivity contribution in [3.8, 4) is 0 Å². The van der Waals surface area contributed by atoms with Gasteiger partial charge in [-0.15, -0.1) is 5.10 Å². The van der Waals surface area contributed by atoms with Crippen LogP contribution in [0.1, 0.15) is 33.6 Å². The van der Waals surface area contributed by atoms with E-state index in [4.69, 9.17) is 0 Å². The van der Waals surface area contributed by atoms with Crippen molar-refractivity contribution in [1.82, 2.24) is 15.0 Å². The Labute approximate surface area is 82.1 Å². The van der Waals surface area contributed by atoms with Crippen molar-refractivity contribution in [3.05, 3.63) is 12.4 Å². The van der Waals surface area contributed by atoms with Gasteiger partial charge in [0, 0.05) is 19.0 Å². The van der Waals surface area contributed by atoms with Gasteiger partial charge < -0.3 is 0 Å². The molecule has 0 saturated heterocycles. The predicted molar refractivity (Wildman–Crippen MR) is 49.2 cm³/mol. The van der Waals surface area contributed by atoms with Gasteiger partial charge in [-0.25, -0.2) is 13.5 Å². The van der Waals surface area contributed by atoms with Crippen LogP contribution in [0.2, 0.25) is 0 Å². The van der Waals surface area contributed by atoms with Crippen molar-refractivity contribution in [3.63, 3.8) is 0 Å². The van der Waals surface area contributed by atoms with Crippen molar-refractivity contribution < 1.29 is 8.78 Å². The van der Waals surface area contributed by atoms with Crippen molar-refractivity contribution >= 4 is 0 Å². The topological polar surface area (TPSA) is 30.7 Å². The molecule has 1 aromatic rings. The van der Waals surface area contributed by atoms with E-state index in [1.165, 1.54) is 10.9 Å². The highest BCUT2D eigenvalue weighted by Gasteiger charge is 2.55. The third-order valence-electron chi connectivity index (χ3n) is 2.25. The zero-order chi connectivity index (χ0) is 10.8. The molecule has 1 aromatic heterocycles. The summed E-state index contributed by atoms with van der Waals surface area (Å²) in [5.74, 6) is -2.51. The summed E-state index contributed by atoms with van der Waals surface area (Å²) in [5.41, 5.74) is -0.528. The number of alkyl halides is 2. The van der Waals surface area contributed by atoms with Gasteiger partial charge >= 0.3 is 0 Å². The molecule has 0 N–H and O–H groups in total. The Morgan fingerprint density at radius 1 is 1.29 bits per heavy atom. The van der Waals surface area contributed by atoms with Crippen molar-refractivity contribution in [2.24, 2.45) is 0 Å². The molecule has 1 aliphatic carbocycles. The molecule has 14 heavy (non-hydrogen) atoms. The van der Waals surface area contributed by atoms with Gasteiger partial charge in [0.25, 0.3) is 5.92 Å². The minimum Gasteiger partial charge on any atom is -0.246 e. The molecule has 1 saturated carbocycles. The fourth-order valence-electron chi connectivity index (χ4n) is 1.72. The van der Waals surface area contributed by atoms with Crippen LogP contribution in [0.3, 0.4) is 0 Å². The lowest BCUT2D eigenvalue weighted by Crippen LogP contribution is -2.51. The number of hydrogen-bond acceptors (Lipinski definition) is 2. The number of rotatable bonds is 1. The Morgan fingerprint density at radius 2 is 1.86 bits per heavy atom. The summed E-state index contributed by atoms with van der Waals surface area (Å²) in [6.07, 6.45) is 2.85. The highest BCUT2D eigenvalue weighted by Crippen LogP contribution is 2.49. The van der Waals surface area contributed by atoms with Crippen LogP contribution in [0.4, 0.5) is 8.78 Å². The summed E-state index contributed by atoms with van der Waals surface area (Å²) in [7, 11) is 0. The van der Waals surface area contributed by atoms with Gasteiger partial charge in [0.1, 0.15) is 0 Å². The normalized spacial score (nSPS) is 21.8. The lowest BCUT2D eigenvalue weighted by molar-refractivity contribution is -0.149. The maximum atomic E-state index is 12.6. The first-order valence-corrected chi connectivity index (χ1v) is 4.77. The summed E-state index contributed by atoms with van der Waals surface area (Å²) in [4.78, 5) is 0. The predicted octanol–water partition coefficient (Wildman–Crippen LogP) is 2.45. The van der Waals surface area contributed by atoms with Crippen LogP contribution < -0.4 is 0 Å². The van der Waals surface area contributed by atoms with Gasteiger partial charge in [-0.3, -0.25) is 0 Å². The molecule has 0 spiro atoms. The van der Waals surface area contributed by atoms with Crippen LogP contribution in [0, 0.1) is 0 Å². The Hall–Kier alpha value is -1.00. The Kier molecular flexibility index (Phi) is 2.87. The number of aromatic nitrogens is 3. The zero-order valence-corrected chi connectivity index (χ0v) is 8.67. The number of hydrogen-bond donors (Lipinski definition) is 0. The molecule has 5 heteroatoms. The third kappa shape index (κ3) is 1.91. The summed E-state index contributed by atoms with van der Waals surface area (Å²) in [5, 5.41) is 7.30. The van der Waals surface area contributed by atoms with Gasteiger partial charge in [-0.05, 0) is 6.92 Å². The second-order valence-corrected chi connectivity index (χ2v) is 3.55. The molecule has 80 valence electrons. The van der Waals surface area contributed by atoms with Crippen LogP contribution in [0.15, 0.2) is 12.4 Å². The molecular weight excluding hydrogens is 188 g/mol. The van der Waals surface area contributed by atoms with Crippen LogP contribution in [0.5, 0.6) is 0 Å². The maximum absolute atomic E-state index is 12.6. The molecule has 1 heterocycles. The van der Waals surface area contributed by atoms with Crippen LogP contribution in [-0.4, -0.2) is 20.9 Å². The summed E-state index contributed by atoms with van der Waals surface area (Å²) < 4.78 is 26.6. The minimum atomic E-state index is -2.51. The Balaban J connectivity index is 0.000000461. The highest BCUT2D eigenvalue weighted by atomic mass is 19.3. The van der Waals surface area contributed by atoms with E-state index in [-0.39, 0.29) is 12.8 Å². The molecule has 0 atom stereocenters. The molecule has 1 fully saturated rings. The summed E-state index contributed by atoms with van der Waals surface area (Å²) in [6, 6.07) is 0. The van der Waals surface area contributed by atoms with E-state index >= 15 is 0 Å². The standard InChI is InChI=1S/C7H9F2N3.C2H6/c1-6(4-7(8,9)5-6)12-3-2-10-11-12;1-2/h2-3H,4-5H2,1H3;1-2H3. The van der Waals surface area contributed by atoms with Crippen LogP contribution in [0.25, 0.3) is 0 Å². The lowest BCUT2D eigenvalue weighted by atomic mass is 9.75. The largest absolute Gasteiger partial charge is 0.252 e. The number of nitrogens with zero attached hydrogens (tertiary/aromatic N) is 3. The molecule has 0 unspecified atom stereocenters. The summed E-state index contributed by atoms with van der Waals surface area (Å²) >= 11 is 0. The summed E-state index contributed by atoms with van der Waals surface area (Å²) in [6.45, 7) is 5.76. The van der Waals surface area contributed by atoms with E-state index in [1.54, 1.807) is 13.1 Å². The maximum Gasteiger partial charge on any atom is 0.252 e. The van der Waals surface area contributed by atoms with Gasteiger partial charge in [0.15, 0.2) is 0 Å². The van der Waals surface area contributed by atoms with E-state index in [2.05, 4.69) is 10.3 Å². The Morgan fingerprint density at radius 3 is 2.21 bits per heavy atom. The molecule has 3 nitrogen and oxygen atoms in total. The molecule has 0 bridgehead atoms. The second kappa shape index (κ2) is 3.63. The average Bonchev–Trinajstić information content (AvgIpc) is 2.56. The van der Waals surface area contributed by atoms with E-state index < -0.39 is 11.5 Å². The van der Waals surface area contributed by atoms with E-state index in [0.717, 1.165) is 0 Å². The van der Waals surface area contributed by atoms with Crippen LogP contribution in [-0.2, 0) is 5.54 Å². The quantitative estimate of drug-likeness (QED) is 0.701. The fourth-order valence-corrected chi connectivity index (χ4v) is 1.72. The molecule has 0 amide bonds. The van der Waals surface area contributed by atoms with Gasteiger partial charge in [0.05, 0.1) is 11.7 Å². The van der Waals surface area contributed by atoms with Gasteiger partial charge in [0.2, 0.25) is 0 Å². The monoisotopic (exact) mass is 203 g/mol.